The molecular formula is C20H26N5O5PS2. The lowest BCUT2D eigenvalue weighted by Gasteiger charge is -2.31. The van der Waals surface area contributed by atoms with Crippen molar-refractivity contribution in [1.29, 1.82) is 0 Å². The lowest BCUT2D eigenvalue weighted by molar-refractivity contribution is -0.0200. The van der Waals surface area contributed by atoms with Crippen molar-refractivity contribution >= 4 is 46.2 Å². The van der Waals surface area contributed by atoms with Gasteiger partial charge in [-0.15, -0.1) is 0 Å². The zero-order valence-corrected chi connectivity index (χ0v) is 20.5. The number of hydrogen-bond acceptors (Lipinski definition) is 10. The smallest absolute Gasteiger partial charge is 0.353 e. The van der Waals surface area contributed by atoms with Crippen LogP contribution in [0.1, 0.15) is 12.5 Å². The van der Waals surface area contributed by atoms with E-state index in [1.54, 1.807) is 39.4 Å². The molecule has 178 valence electrons. The van der Waals surface area contributed by atoms with Gasteiger partial charge in [0.25, 0.3) is 0 Å². The highest BCUT2D eigenvalue weighted by Crippen LogP contribution is 2.47. The van der Waals surface area contributed by atoms with Crippen molar-refractivity contribution < 1.29 is 23.5 Å². The average Bonchev–Trinajstić information content (AvgIpc) is 3.22. The Balaban J connectivity index is 1.29. The van der Waals surface area contributed by atoms with Crippen LogP contribution in [0.2, 0.25) is 0 Å². The van der Waals surface area contributed by atoms with Gasteiger partial charge in [0.15, 0.2) is 11.5 Å². The van der Waals surface area contributed by atoms with E-state index in [9.17, 15) is 9.46 Å². The second-order valence-corrected chi connectivity index (χ2v) is 11.9. The van der Waals surface area contributed by atoms with Gasteiger partial charge >= 0.3 is 7.60 Å². The minimum Gasteiger partial charge on any atom is -0.382 e. The average molecular weight is 512 g/mol. The number of aromatic nitrogens is 4. The van der Waals surface area contributed by atoms with Crippen molar-refractivity contribution in [3.63, 3.8) is 0 Å². The predicted octanol–water partition coefficient (Wildman–Crippen LogP) is 3.32. The summed E-state index contributed by atoms with van der Waals surface area (Å²) < 4.78 is 31.8. The van der Waals surface area contributed by atoms with Crippen LogP contribution >= 0.6 is 29.2 Å². The quantitative estimate of drug-likeness (QED) is 0.306. The minimum absolute atomic E-state index is 0.281. The zero-order valence-electron chi connectivity index (χ0n) is 18.0. The molecule has 3 N–H and O–H groups in total. The van der Waals surface area contributed by atoms with Gasteiger partial charge in [-0.05, 0) is 12.5 Å². The maximum absolute atomic E-state index is 12.7. The number of ether oxygens (including phenoxy) is 2. The van der Waals surface area contributed by atoms with Crippen LogP contribution in [0.4, 0.5) is 5.82 Å². The molecule has 0 radical (unpaired) electrons. The van der Waals surface area contributed by atoms with Crippen LogP contribution in [0, 0.1) is 0 Å². The van der Waals surface area contributed by atoms with Gasteiger partial charge in [-0.2, -0.15) is 0 Å². The number of imidazole rings is 1. The van der Waals surface area contributed by atoms with Crippen LogP contribution in [0.15, 0.2) is 43.0 Å². The van der Waals surface area contributed by atoms with E-state index in [-0.39, 0.29) is 12.2 Å². The van der Waals surface area contributed by atoms with Crippen molar-refractivity contribution in [2.45, 2.75) is 38.4 Å². The lowest BCUT2D eigenvalue weighted by atomic mass is 10.2. The Hall–Kier alpha value is -1.66. The largest absolute Gasteiger partial charge is 0.382 e. The molecule has 33 heavy (non-hydrogen) atoms. The molecule has 1 saturated heterocycles. The first kappa shape index (κ1) is 24.5. The van der Waals surface area contributed by atoms with Crippen molar-refractivity contribution in [1.82, 2.24) is 19.5 Å². The maximum Gasteiger partial charge on any atom is 0.353 e. The van der Waals surface area contributed by atoms with Crippen LogP contribution in [0.3, 0.4) is 0 Å². The number of anilines is 1. The Labute approximate surface area is 199 Å². The molecule has 1 aromatic carbocycles. The van der Waals surface area contributed by atoms with Gasteiger partial charge in [0, 0.05) is 11.5 Å². The maximum atomic E-state index is 12.7. The van der Waals surface area contributed by atoms with E-state index in [1.807, 2.05) is 30.3 Å². The number of benzene rings is 1. The molecule has 0 spiro atoms. The van der Waals surface area contributed by atoms with E-state index >= 15 is 0 Å². The number of nitrogens with two attached hydrogens (primary N) is 1. The minimum atomic E-state index is -3.99. The van der Waals surface area contributed by atoms with Crippen LogP contribution in [-0.4, -0.2) is 60.6 Å². The summed E-state index contributed by atoms with van der Waals surface area (Å²) in [4.78, 5) is 22.8. The Bertz CT molecular complexity index is 1100. The molecule has 3 aromatic rings. The number of nitrogens with zero attached hydrogens (tertiary/aromatic N) is 4. The van der Waals surface area contributed by atoms with Gasteiger partial charge in [0.1, 0.15) is 24.3 Å². The lowest BCUT2D eigenvalue weighted by Crippen LogP contribution is -2.37. The SMILES string of the molecule is CC(Cn1cnc2c(N)ncnc21)OCP(=O)(O)OC1CSSCC1OCc1ccccc1. The van der Waals surface area contributed by atoms with Gasteiger partial charge in [-0.3, -0.25) is 4.57 Å². The molecule has 0 amide bonds. The molecule has 2 aromatic heterocycles. The third kappa shape index (κ3) is 6.69. The van der Waals surface area contributed by atoms with Crippen LogP contribution in [-0.2, 0) is 31.7 Å². The van der Waals surface area contributed by atoms with Crippen molar-refractivity contribution in [2.75, 3.05) is 23.6 Å². The van der Waals surface area contributed by atoms with Crippen molar-refractivity contribution in [3.8, 4) is 0 Å². The predicted molar refractivity (Wildman–Crippen MR) is 130 cm³/mol. The third-order valence-corrected chi connectivity index (χ3v) is 8.46. The van der Waals surface area contributed by atoms with E-state index in [2.05, 4.69) is 15.0 Å². The molecule has 0 saturated carbocycles. The normalized spacial score (nSPS) is 21.6. The second kappa shape index (κ2) is 11.2. The van der Waals surface area contributed by atoms with Gasteiger partial charge < -0.3 is 29.2 Å². The number of fused-ring (bicyclic) bond motifs is 1. The molecule has 10 nitrogen and oxygen atoms in total. The highest BCUT2D eigenvalue weighted by Gasteiger charge is 2.34. The number of rotatable bonds is 10. The summed E-state index contributed by atoms with van der Waals surface area (Å²) in [5, 5.41) is 0. The second-order valence-electron chi connectivity index (χ2n) is 7.62. The summed E-state index contributed by atoms with van der Waals surface area (Å²) in [6.07, 6.45) is 1.38. The first-order valence-electron chi connectivity index (χ1n) is 10.3. The topological polar surface area (TPSA) is 135 Å². The number of nitrogen functional groups attached to an aromatic ring is 1. The summed E-state index contributed by atoms with van der Waals surface area (Å²) in [6.45, 7) is 2.60. The summed E-state index contributed by atoms with van der Waals surface area (Å²) in [6, 6.07) is 9.82. The molecule has 3 heterocycles. The molecule has 4 unspecified atom stereocenters. The molecule has 1 aliphatic rings. The summed E-state index contributed by atoms with van der Waals surface area (Å²) in [5.41, 5.74) is 7.95. The summed E-state index contributed by atoms with van der Waals surface area (Å²) >= 11 is 0. The van der Waals surface area contributed by atoms with E-state index < -0.39 is 20.0 Å². The highest BCUT2D eigenvalue weighted by atomic mass is 33.1. The Morgan fingerprint density at radius 1 is 1.21 bits per heavy atom. The van der Waals surface area contributed by atoms with Gasteiger partial charge in [0.05, 0.1) is 31.7 Å². The van der Waals surface area contributed by atoms with E-state index in [0.29, 0.717) is 41.6 Å². The molecule has 13 heteroatoms. The Morgan fingerprint density at radius 2 is 1.97 bits per heavy atom. The van der Waals surface area contributed by atoms with Crippen LogP contribution in [0.25, 0.3) is 11.2 Å². The van der Waals surface area contributed by atoms with Crippen molar-refractivity contribution in [2.24, 2.45) is 0 Å². The van der Waals surface area contributed by atoms with Gasteiger partial charge in [0.2, 0.25) is 0 Å². The molecule has 4 rings (SSSR count). The molecule has 0 bridgehead atoms. The molecule has 1 fully saturated rings. The fraction of sp³-hybridized carbons (Fsp3) is 0.450. The highest BCUT2D eigenvalue weighted by molar-refractivity contribution is 8.76. The third-order valence-electron chi connectivity index (χ3n) is 4.98. The fourth-order valence-electron chi connectivity index (χ4n) is 3.30. The summed E-state index contributed by atoms with van der Waals surface area (Å²) in [5.74, 6) is 1.54. The van der Waals surface area contributed by atoms with Crippen LogP contribution < -0.4 is 5.73 Å². The first-order chi connectivity index (χ1) is 15.9. The van der Waals surface area contributed by atoms with Gasteiger partial charge in [-0.25, -0.2) is 15.0 Å². The summed E-state index contributed by atoms with van der Waals surface area (Å²) in [7, 11) is -0.713. The standard InChI is InChI=1S/C20H26N5O5PS2/c1-14(7-25-12-24-18-19(21)22-11-23-20(18)25)29-13-31(26,27)30-17-10-33-32-9-16(17)28-8-15-5-3-2-4-6-15/h2-6,11-12,14,16-17H,7-10,13H2,1H3,(H,26,27)(H2,21,22,23). The number of hydrogen-bond donors (Lipinski definition) is 2. The molecule has 1 aliphatic heterocycles. The fourth-order valence-corrected chi connectivity index (χ4v) is 6.98. The Kier molecular flexibility index (Phi) is 8.29. The molecule has 4 atom stereocenters. The van der Waals surface area contributed by atoms with Crippen molar-refractivity contribution in [3.05, 3.63) is 48.5 Å². The van der Waals surface area contributed by atoms with Crippen LogP contribution in [0.5, 0.6) is 0 Å². The Morgan fingerprint density at radius 3 is 2.76 bits per heavy atom. The van der Waals surface area contributed by atoms with E-state index in [0.717, 1.165) is 5.56 Å². The van der Waals surface area contributed by atoms with Gasteiger partial charge in [-0.1, -0.05) is 51.9 Å². The molecule has 0 aliphatic carbocycles. The molecular weight excluding hydrogens is 485 g/mol. The van der Waals surface area contributed by atoms with E-state index in [1.165, 1.54) is 6.33 Å². The monoisotopic (exact) mass is 511 g/mol. The zero-order chi connectivity index (χ0) is 23.3. The first-order valence-corrected chi connectivity index (χ1v) is 14.6. The van der Waals surface area contributed by atoms with E-state index in [4.69, 9.17) is 19.7 Å².